The number of likely N-dealkylation sites (tertiary alicyclic amines) is 1. The fourth-order valence-corrected chi connectivity index (χ4v) is 2.60. The largest absolute Gasteiger partial charge is 0.297 e. The molecule has 2 atom stereocenters. The Morgan fingerprint density at radius 3 is 2.06 bits per heavy atom. The van der Waals surface area contributed by atoms with E-state index in [9.17, 15) is 14.4 Å². The standard InChI is InChI=1S/C13H19NO3/c1-13(2,3)10(15)7-14-11(16)8-5-4-6-9(8)12(14)17/h8-9H,4-7H2,1-3H3. The molecule has 17 heavy (non-hydrogen) atoms. The Bertz CT molecular complexity index is 359. The van der Waals surface area contributed by atoms with Crippen molar-refractivity contribution in [1.82, 2.24) is 4.90 Å². The molecule has 1 aliphatic heterocycles. The number of rotatable bonds is 2. The Balaban J connectivity index is 2.11. The summed E-state index contributed by atoms with van der Waals surface area (Å²) in [6.07, 6.45) is 2.55. The number of carbonyl (C=O) groups is 3. The van der Waals surface area contributed by atoms with Crippen molar-refractivity contribution in [3.05, 3.63) is 0 Å². The van der Waals surface area contributed by atoms with Gasteiger partial charge in [0.05, 0.1) is 18.4 Å². The van der Waals surface area contributed by atoms with E-state index >= 15 is 0 Å². The highest BCUT2D eigenvalue weighted by atomic mass is 16.2. The van der Waals surface area contributed by atoms with Crippen molar-refractivity contribution < 1.29 is 14.4 Å². The van der Waals surface area contributed by atoms with Gasteiger partial charge in [0.15, 0.2) is 5.78 Å². The zero-order chi connectivity index (χ0) is 12.8. The first-order chi connectivity index (χ1) is 7.82. The Labute approximate surface area is 101 Å². The smallest absolute Gasteiger partial charge is 0.233 e. The second kappa shape index (κ2) is 3.93. The van der Waals surface area contributed by atoms with E-state index in [0.717, 1.165) is 19.3 Å². The molecule has 1 saturated heterocycles. The molecular weight excluding hydrogens is 218 g/mol. The summed E-state index contributed by atoms with van der Waals surface area (Å²) in [4.78, 5) is 37.1. The Morgan fingerprint density at radius 1 is 1.18 bits per heavy atom. The van der Waals surface area contributed by atoms with Crippen molar-refractivity contribution in [1.29, 1.82) is 0 Å². The van der Waals surface area contributed by atoms with Gasteiger partial charge in [-0.1, -0.05) is 27.2 Å². The van der Waals surface area contributed by atoms with Gasteiger partial charge >= 0.3 is 0 Å². The minimum atomic E-state index is -0.502. The molecule has 1 aliphatic carbocycles. The van der Waals surface area contributed by atoms with Gasteiger partial charge in [0.25, 0.3) is 0 Å². The van der Waals surface area contributed by atoms with E-state index in [0.29, 0.717) is 0 Å². The average molecular weight is 237 g/mol. The fraction of sp³-hybridized carbons (Fsp3) is 0.769. The van der Waals surface area contributed by atoms with E-state index in [1.165, 1.54) is 4.90 Å². The number of hydrogen-bond donors (Lipinski definition) is 0. The Kier molecular flexibility index (Phi) is 2.84. The number of imide groups is 1. The molecular formula is C13H19NO3. The molecule has 0 aromatic rings. The van der Waals surface area contributed by atoms with Crippen molar-refractivity contribution in [3.8, 4) is 0 Å². The molecule has 2 rings (SSSR count). The molecule has 4 heteroatoms. The van der Waals surface area contributed by atoms with Gasteiger partial charge in [-0.05, 0) is 12.8 Å². The number of amides is 2. The molecule has 94 valence electrons. The van der Waals surface area contributed by atoms with Crippen LogP contribution < -0.4 is 0 Å². The zero-order valence-corrected chi connectivity index (χ0v) is 10.7. The van der Waals surface area contributed by atoms with Gasteiger partial charge < -0.3 is 0 Å². The third-order valence-electron chi connectivity index (χ3n) is 3.82. The van der Waals surface area contributed by atoms with Crippen molar-refractivity contribution >= 4 is 17.6 Å². The summed E-state index contributed by atoms with van der Waals surface area (Å²) in [5.41, 5.74) is -0.502. The van der Waals surface area contributed by atoms with Gasteiger partial charge in [0.2, 0.25) is 11.8 Å². The van der Waals surface area contributed by atoms with E-state index in [1.54, 1.807) is 20.8 Å². The maximum Gasteiger partial charge on any atom is 0.233 e. The van der Waals surface area contributed by atoms with E-state index in [-0.39, 0.29) is 36.0 Å². The van der Waals surface area contributed by atoms with Crippen molar-refractivity contribution in [3.63, 3.8) is 0 Å². The van der Waals surface area contributed by atoms with Crippen LogP contribution in [-0.2, 0) is 14.4 Å². The summed E-state index contributed by atoms with van der Waals surface area (Å²) in [6.45, 7) is 5.37. The molecule has 1 heterocycles. The molecule has 0 spiro atoms. The maximum absolute atomic E-state index is 12.0. The summed E-state index contributed by atoms with van der Waals surface area (Å²) in [5.74, 6) is -0.602. The first kappa shape index (κ1) is 12.3. The normalized spacial score (nSPS) is 28.8. The van der Waals surface area contributed by atoms with E-state index < -0.39 is 5.41 Å². The first-order valence-electron chi connectivity index (χ1n) is 6.21. The van der Waals surface area contributed by atoms with Gasteiger partial charge in [-0.3, -0.25) is 19.3 Å². The molecule has 0 N–H and O–H groups in total. The predicted molar refractivity (Wildman–Crippen MR) is 62.0 cm³/mol. The SMILES string of the molecule is CC(C)(C)C(=O)CN1C(=O)C2CCCC2C1=O. The lowest BCUT2D eigenvalue weighted by molar-refractivity contribution is -0.145. The first-order valence-corrected chi connectivity index (χ1v) is 6.21. The van der Waals surface area contributed by atoms with Crippen LogP contribution in [0, 0.1) is 17.3 Å². The summed E-state index contributed by atoms with van der Waals surface area (Å²) in [5, 5.41) is 0. The van der Waals surface area contributed by atoms with Gasteiger partial charge in [0, 0.05) is 5.41 Å². The van der Waals surface area contributed by atoms with Crippen molar-refractivity contribution in [2.75, 3.05) is 6.54 Å². The van der Waals surface area contributed by atoms with Crippen LogP contribution in [0.25, 0.3) is 0 Å². The van der Waals surface area contributed by atoms with Crippen LogP contribution in [0.2, 0.25) is 0 Å². The lowest BCUT2D eigenvalue weighted by Crippen LogP contribution is -2.40. The Morgan fingerprint density at radius 2 is 1.65 bits per heavy atom. The molecule has 2 unspecified atom stereocenters. The fourth-order valence-electron chi connectivity index (χ4n) is 2.60. The van der Waals surface area contributed by atoms with Crippen LogP contribution in [-0.4, -0.2) is 29.0 Å². The third kappa shape index (κ3) is 2.01. The van der Waals surface area contributed by atoms with Gasteiger partial charge in [-0.15, -0.1) is 0 Å². The zero-order valence-electron chi connectivity index (χ0n) is 10.7. The van der Waals surface area contributed by atoms with E-state index in [2.05, 4.69) is 0 Å². The molecule has 2 aliphatic rings. The predicted octanol–water partition coefficient (Wildman–Crippen LogP) is 1.39. The summed E-state index contributed by atoms with van der Waals surface area (Å²) in [6, 6.07) is 0. The average Bonchev–Trinajstić information content (AvgIpc) is 2.77. The summed E-state index contributed by atoms with van der Waals surface area (Å²) >= 11 is 0. The van der Waals surface area contributed by atoms with Crippen molar-refractivity contribution in [2.24, 2.45) is 17.3 Å². The van der Waals surface area contributed by atoms with Crippen LogP contribution in [0.4, 0.5) is 0 Å². The summed E-state index contributed by atoms with van der Waals surface area (Å²) < 4.78 is 0. The highest BCUT2D eigenvalue weighted by molar-refractivity contribution is 6.08. The highest BCUT2D eigenvalue weighted by Gasteiger charge is 2.50. The lowest BCUT2D eigenvalue weighted by Gasteiger charge is -2.21. The maximum atomic E-state index is 12.0. The van der Waals surface area contributed by atoms with E-state index in [1.807, 2.05) is 0 Å². The monoisotopic (exact) mass is 237 g/mol. The molecule has 2 fully saturated rings. The van der Waals surface area contributed by atoms with Gasteiger partial charge in [-0.2, -0.15) is 0 Å². The molecule has 0 radical (unpaired) electrons. The van der Waals surface area contributed by atoms with E-state index in [4.69, 9.17) is 0 Å². The van der Waals surface area contributed by atoms with Gasteiger partial charge in [-0.25, -0.2) is 0 Å². The summed E-state index contributed by atoms with van der Waals surface area (Å²) in [7, 11) is 0. The lowest BCUT2D eigenvalue weighted by atomic mass is 9.90. The highest BCUT2D eigenvalue weighted by Crippen LogP contribution is 2.39. The third-order valence-corrected chi connectivity index (χ3v) is 3.82. The van der Waals surface area contributed by atoms with Crippen LogP contribution in [0.1, 0.15) is 40.0 Å². The molecule has 0 aromatic carbocycles. The van der Waals surface area contributed by atoms with Gasteiger partial charge in [0.1, 0.15) is 0 Å². The van der Waals surface area contributed by atoms with Crippen LogP contribution in [0.15, 0.2) is 0 Å². The minimum absolute atomic E-state index is 0.0475. The second-order valence-electron chi connectivity index (χ2n) is 6.08. The minimum Gasteiger partial charge on any atom is -0.297 e. The van der Waals surface area contributed by atoms with Crippen LogP contribution in [0.3, 0.4) is 0 Å². The Hall–Kier alpha value is -1.19. The quantitative estimate of drug-likeness (QED) is 0.682. The number of fused-ring (bicyclic) bond motifs is 1. The topological polar surface area (TPSA) is 54.5 Å². The number of carbonyl (C=O) groups excluding carboxylic acids is 3. The molecule has 1 saturated carbocycles. The number of hydrogen-bond acceptors (Lipinski definition) is 3. The van der Waals surface area contributed by atoms with Crippen LogP contribution >= 0.6 is 0 Å². The molecule has 0 aromatic heterocycles. The van der Waals surface area contributed by atoms with Crippen molar-refractivity contribution in [2.45, 2.75) is 40.0 Å². The number of nitrogens with zero attached hydrogens (tertiary/aromatic N) is 1. The molecule has 0 bridgehead atoms. The molecule has 4 nitrogen and oxygen atoms in total. The van der Waals surface area contributed by atoms with Crippen LogP contribution in [0.5, 0.6) is 0 Å². The number of Topliss-reactive ketones (excluding diaryl/α,β-unsaturated/α-hetero) is 1. The number of ketones is 1. The second-order valence-corrected chi connectivity index (χ2v) is 6.08. The molecule has 2 amide bonds.